The predicted molar refractivity (Wildman–Crippen MR) is 116 cm³/mol. The van der Waals surface area contributed by atoms with Gasteiger partial charge < -0.3 is 20.5 Å². The second kappa shape index (κ2) is 11.7. The molecule has 0 aliphatic carbocycles. The van der Waals surface area contributed by atoms with Gasteiger partial charge in [-0.25, -0.2) is 0 Å². The Balaban J connectivity index is 1.47. The molecule has 1 fully saturated rings. The molecule has 174 valence electrons. The Morgan fingerprint density at radius 1 is 1.00 bits per heavy atom. The molecule has 1 aromatic rings. The first kappa shape index (κ1) is 23.8. The number of hydrogen-bond acceptors (Lipinski definition) is 8. The van der Waals surface area contributed by atoms with Crippen LogP contribution in [0.25, 0.3) is 0 Å². The third-order valence-corrected chi connectivity index (χ3v) is 5.38. The summed E-state index contributed by atoms with van der Waals surface area (Å²) in [6.45, 7) is 3.43. The lowest BCUT2D eigenvalue weighted by molar-refractivity contribution is -0.136. The second-order valence-corrected chi connectivity index (χ2v) is 7.68. The third-order valence-electron chi connectivity index (χ3n) is 5.38. The minimum atomic E-state index is -0.964. The van der Waals surface area contributed by atoms with Crippen LogP contribution in [-0.4, -0.2) is 74.1 Å². The molecule has 1 saturated heterocycles. The first-order valence-electron chi connectivity index (χ1n) is 11.0. The number of benzene rings is 1. The summed E-state index contributed by atoms with van der Waals surface area (Å²) in [6.07, 6.45) is 2.96. The van der Waals surface area contributed by atoms with Crippen molar-refractivity contribution in [1.82, 2.24) is 10.2 Å². The van der Waals surface area contributed by atoms with Gasteiger partial charge in [-0.15, -0.1) is 0 Å². The van der Waals surface area contributed by atoms with Crippen LogP contribution in [0.1, 0.15) is 52.8 Å². The number of carbonyl (C=O) groups is 4. The number of anilines is 1. The lowest BCUT2D eigenvalue weighted by Crippen LogP contribution is -2.54. The fraction of sp³-hybridized carbons (Fsp3) is 0.545. The third kappa shape index (κ3) is 5.70. The van der Waals surface area contributed by atoms with E-state index >= 15 is 0 Å². The van der Waals surface area contributed by atoms with E-state index in [1.165, 1.54) is 0 Å². The SMILES string of the molecule is NCCOCCOCCCCCNc1cccc2c1C(=O)N(C1CCC(=O)NC1=O)C2=O. The molecule has 10 nitrogen and oxygen atoms in total. The molecule has 2 aliphatic heterocycles. The van der Waals surface area contributed by atoms with Crippen LogP contribution in [-0.2, 0) is 19.1 Å². The molecule has 1 atom stereocenters. The summed E-state index contributed by atoms with van der Waals surface area (Å²) in [7, 11) is 0. The topological polar surface area (TPSA) is 140 Å². The van der Waals surface area contributed by atoms with Gasteiger partial charge in [0.1, 0.15) is 6.04 Å². The summed E-state index contributed by atoms with van der Waals surface area (Å²) in [6, 6.07) is 4.08. The van der Waals surface area contributed by atoms with Gasteiger partial charge in [-0.2, -0.15) is 0 Å². The molecule has 0 aromatic heterocycles. The highest BCUT2D eigenvalue weighted by atomic mass is 16.5. The number of carbonyl (C=O) groups excluding carboxylic acids is 4. The molecule has 1 aromatic carbocycles. The standard InChI is InChI=1S/C22H30N4O6/c23-9-12-32-14-13-31-11-3-1-2-10-24-16-6-4-5-15-19(16)22(30)26(21(15)29)17-7-8-18(27)25-20(17)28/h4-6,17,24H,1-3,7-14,23H2,(H,25,27,28). The molecular formula is C22H30N4O6. The van der Waals surface area contributed by atoms with Crippen LogP contribution in [0.15, 0.2) is 18.2 Å². The quantitative estimate of drug-likeness (QED) is 0.297. The van der Waals surface area contributed by atoms with Crippen molar-refractivity contribution in [3.63, 3.8) is 0 Å². The Bertz CT molecular complexity index is 859. The van der Waals surface area contributed by atoms with E-state index in [4.69, 9.17) is 15.2 Å². The molecule has 10 heteroatoms. The van der Waals surface area contributed by atoms with Crippen molar-refractivity contribution in [3.8, 4) is 0 Å². The molecule has 0 radical (unpaired) electrons. The summed E-state index contributed by atoms with van der Waals surface area (Å²) in [5.41, 5.74) is 6.46. The number of piperidine rings is 1. The number of unbranched alkanes of at least 4 members (excludes halogenated alkanes) is 2. The van der Waals surface area contributed by atoms with Gasteiger partial charge in [-0.3, -0.25) is 29.4 Å². The van der Waals surface area contributed by atoms with Gasteiger partial charge >= 0.3 is 0 Å². The van der Waals surface area contributed by atoms with E-state index in [0.717, 1.165) is 24.2 Å². The number of imide groups is 2. The van der Waals surface area contributed by atoms with Gasteiger partial charge in [0.05, 0.1) is 30.9 Å². The van der Waals surface area contributed by atoms with Crippen LogP contribution in [0.2, 0.25) is 0 Å². The minimum absolute atomic E-state index is 0.0966. The number of fused-ring (bicyclic) bond motifs is 1. The molecule has 0 bridgehead atoms. The lowest BCUT2D eigenvalue weighted by atomic mass is 10.0. The van der Waals surface area contributed by atoms with Crippen LogP contribution in [0.5, 0.6) is 0 Å². The largest absolute Gasteiger partial charge is 0.384 e. The van der Waals surface area contributed by atoms with Gasteiger partial charge in [-0.1, -0.05) is 6.07 Å². The molecular weight excluding hydrogens is 416 g/mol. The van der Waals surface area contributed by atoms with Gasteiger partial charge in [0.25, 0.3) is 11.8 Å². The smallest absolute Gasteiger partial charge is 0.264 e. The normalized spacial score (nSPS) is 18.2. The molecule has 32 heavy (non-hydrogen) atoms. The van der Waals surface area contributed by atoms with E-state index < -0.39 is 29.7 Å². The first-order chi connectivity index (χ1) is 15.5. The van der Waals surface area contributed by atoms with Crippen molar-refractivity contribution in [3.05, 3.63) is 29.3 Å². The van der Waals surface area contributed by atoms with E-state index in [9.17, 15) is 19.2 Å². The maximum absolute atomic E-state index is 13.0. The number of nitrogens with two attached hydrogens (primary N) is 1. The van der Waals surface area contributed by atoms with Crippen LogP contribution in [0.4, 0.5) is 5.69 Å². The van der Waals surface area contributed by atoms with Gasteiger partial charge in [0, 0.05) is 31.8 Å². The molecule has 0 saturated carbocycles. The average Bonchev–Trinajstić information content (AvgIpc) is 3.03. The summed E-state index contributed by atoms with van der Waals surface area (Å²) in [5, 5.41) is 5.44. The van der Waals surface area contributed by atoms with Crippen molar-refractivity contribution in [2.45, 2.75) is 38.1 Å². The highest BCUT2D eigenvalue weighted by Gasteiger charge is 2.45. The van der Waals surface area contributed by atoms with E-state index in [1.54, 1.807) is 18.2 Å². The predicted octanol–water partition coefficient (Wildman–Crippen LogP) is 0.662. The molecule has 2 heterocycles. The van der Waals surface area contributed by atoms with Crippen molar-refractivity contribution < 1.29 is 28.7 Å². The minimum Gasteiger partial charge on any atom is -0.384 e. The summed E-state index contributed by atoms with van der Waals surface area (Å²) >= 11 is 0. The second-order valence-electron chi connectivity index (χ2n) is 7.68. The Morgan fingerprint density at radius 3 is 2.53 bits per heavy atom. The highest BCUT2D eigenvalue weighted by molar-refractivity contribution is 6.25. The van der Waals surface area contributed by atoms with Gasteiger partial charge in [0.15, 0.2) is 0 Å². The molecule has 1 unspecified atom stereocenters. The number of ether oxygens (including phenoxy) is 2. The van der Waals surface area contributed by atoms with Crippen molar-refractivity contribution >= 4 is 29.3 Å². The number of nitrogens with zero attached hydrogens (tertiary/aromatic N) is 1. The first-order valence-corrected chi connectivity index (χ1v) is 11.0. The number of rotatable bonds is 13. The number of nitrogens with one attached hydrogen (secondary N) is 2. The zero-order valence-electron chi connectivity index (χ0n) is 18.1. The molecule has 3 rings (SSSR count). The Labute approximate surface area is 186 Å². The Kier molecular flexibility index (Phi) is 8.72. The molecule has 4 amide bonds. The number of amides is 4. The van der Waals surface area contributed by atoms with Gasteiger partial charge in [-0.05, 0) is 37.8 Å². The van der Waals surface area contributed by atoms with Crippen LogP contribution in [0, 0.1) is 0 Å². The van der Waals surface area contributed by atoms with Crippen LogP contribution >= 0.6 is 0 Å². The number of hydrogen-bond donors (Lipinski definition) is 3. The fourth-order valence-corrected chi connectivity index (χ4v) is 3.80. The lowest BCUT2D eigenvalue weighted by Gasteiger charge is -2.27. The van der Waals surface area contributed by atoms with E-state index in [-0.39, 0.29) is 24.0 Å². The molecule has 2 aliphatic rings. The van der Waals surface area contributed by atoms with E-state index in [2.05, 4.69) is 10.6 Å². The van der Waals surface area contributed by atoms with Crippen molar-refractivity contribution in [2.75, 3.05) is 44.8 Å². The molecule has 0 spiro atoms. The van der Waals surface area contributed by atoms with Crippen molar-refractivity contribution in [1.29, 1.82) is 0 Å². The fourth-order valence-electron chi connectivity index (χ4n) is 3.80. The zero-order chi connectivity index (χ0) is 22.9. The zero-order valence-corrected chi connectivity index (χ0v) is 18.1. The van der Waals surface area contributed by atoms with Crippen molar-refractivity contribution in [2.24, 2.45) is 5.73 Å². The highest BCUT2D eigenvalue weighted by Crippen LogP contribution is 2.32. The van der Waals surface area contributed by atoms with Crippen LogP contribution < -0.4 is 16.4 Å². The average molecular weight is 447 g/mol. The van der Waals surface area contributed by atoms with Crippen LogP contribution in [0.3, 0.4) is 0 Å². The van der Waals surface area contributed by atoms with Gasteiger partial charge in [0.2, 0.25) is 11.8 Å². The monoisotopic (exact) mass is 446 g/mol. The van der Waals surface area contributed by atoms with E-state index in [0.29, 0.717) is 45.2 Å². The summed E-state index contributed by atoms with van der Waals surface area (Å²) < 4.78 is 10.7. The van der Waals surface area contributed by atoms with E-state index in [1.807, 2.05) is 0 Å². The maximum Gasteiger partial charge on any atom is 0.264 e. The molecule has 4 N–H and O–H groups in total. The Hall–Kier alpha value is -2.82. The summed E-state index contributed by atoms with van der Waals surface area (Å²) in [4.78, 5) is 50.4. The Morgan fingerprint density at radius 2 is 1.78 bits per heavy atom. The summed E-state index contributed by atoms with van der Waals surface area (Å²) in [5.74, 6) is -2.02. The maximum atomic E-state index is 13.0.